The van der Waals surface area contributed by atoms with Crippen molar-refractivity contribution in [2.45, 2.75) is 68.3 Å². The maximum absolute atomic E-state index is 11.0. The van der Waals surface area contributed by atoms with E-state index in [1.807, 2.05) is 0 Å². The average molecular weight is 340 g/mol. The first-order valence-corrected chi connectivity index (χ1v) is 6.92. The minimum atomic E-state index is -1.88. The molecule has 2 fully saturated rings. The van der Waals surface area contributed by atoms with Crippen molar-refractivity contribution in [3.63, 3.8) is 0 Å². The summed E-state index contributed by atoms with van der Waals surface area (Å²) >= 11 is 0. The quantitative estimate of drug-likeness (QED) is 0.263. The zero-order valence-corrected chi connectivity index (χ0v) is 12.0. The second kappa shape index (κ2) is 6.93. The van der Waals surface area contributed by atoms with Gasteiger partial charge in [-0.2, -0.15) is 0 Å². The van der Waals surface area contributed by atoms with Gasteiger partial charge in [0.25, 0.3) is 0 Å². The molecule has 0 radical (unpaired) electrons. The third kappa shape index (κ3) is 3.47. The van der Waals surface area contributed by atoms with Crippen molar-refractivity contribution < 1.29 is 54.8 Å². The van der Waals surface area contributed by atoms with Crippen LogP contribution in [0.3, 0.4) is 0 Å². The van der Waals surface area contributed by atoms with Crippen molar-refractivity contribution in [3.05, 3.63) is 0 Å². The van der Waals surface area contributed by atoms with E-state index < -0.39 is 67.4 Å². The summed E-state index contributed by atoms with van der Waals surface area (Å²) < 4.78 is 15.1. The molecular formula is C12H20O11. The predicted molar refractivity (Wildman–Crippen MR) is 67.8 cm³/mol. The summed E-state index contributed by atoms with van der Waals surface area (Å²) in [6.45, 7) is 1.40. The third-order valence-electron chi connectivity index (χ3n) is 3.90. The van der Waals surface area contributed by atoms with E-state index in [1.54, 1.807) is 0 Å². The number of carboxylic acid groups (broad SMARTS) is 1. The van der Waals surface area contributed by atoms with Gasteiger partial charge in [-0.05, 0) is 6.92 Å². The van der Waals surface area contributed by atoms with Crippen LogP contribution >= 0.6 is 0 Å². The van der Waals surface area contributed by atoms with Crippen LogP contribution in [0.25, 0.3) is 0 Å². The molecule has 7 N–H and O–H groups in total. The van der Waals surface area contributed by atoms with Crippen LogP contribution in [0.2, 0.25) is 0 Å². The fourth-order valence-electron chi connectivity index (χ4n) is 2.53. The fourth-order valence-corrected chi connectivity index (χ4v) is 2.53. The molecule has 0 aromatic rings. The van der Waals surface area contributed by atoms with E-state index in [4.69, 9.17) is 19.3 Å². The van der Waals surface area contributed by atoms with Crippen molar-refractivity contribution in [2.24, 2.45) is 0 Å². The molecule has 134 valence electrons. The van der Waals surface area contributed by atoms with Crippen LogP contribution < -0.4 is 0 Å². The molecule has 0 bridgehead atoms. The Hall–Kier alpha value is -0.890. The van der Waals surface area contributed by atoms with Crippen LogP contribution in [-0.2, 0) is 19.0 Å². The number of ether oxygens (including phenoxy) is 3. The lowest BCUT2D eigenvalue weighted by molar-refractivity contribution is -0.347. The summed E-state index contributed by atoms with van der Waals surface area (Å²) in [5.41, 5.74) is 0. The maximum atomic E-state index is 11.0. The number of rotatable bonds is 3. The van der Waals surface area contributed by atoms with Crippen LogP contribution in [0.4, 0.5) is 0 Å². The lowest BCUT2D eigenvalue weighted by Crippen LogP contribution is -2.64. The van der Waals surface area contributed by atoms with Crippen molar-refractivity contribution in [1.29, 1.82) is 0 Å². The molecule has 23 heavy (non-hydrogen) atoms. The van der Waals surface area contributed by atoms with Gasteiger partial charge in [0.1, 0.15) is 36.6 Å². The van der Waals surface area contributed by atoms with Gasteiger partial charge in [-0.1, -0.05) is 0 Å². The van der Waals surface area contributed by atoms with Crippen molar-refractivity contribution in [3.8, 4) is 0 Å². The van der Waals surface area contributed by atoms with E-state index in [0.29, 0.717) is 0 Å². The summed E-state index contributed by atoms with van der Waals surface area (Å²) in [5.74, 6) is -1.58. The molecule has 0 saturated carbocycles. The van der Waals surface area contributed by atoms with Crippen LogP contribution in [0.1, 0.15) is 6.92 Å². The third-order valence-corrected chi connectivity index (χ3v) is 3.90. The van der Waals surface area contributed by atoms with Crippen molar-refractivity contribution in [1.82, 2.24) is 0 Å². The highest BCUT2D eigenvalue weighted by molar-refractivity contribution is 5.73. The van der Waals surface area contributed by atoms with Gasteiger partial charge in [0.2, 0.25) is 0 Å². The summed E-state index contributed by atoms with van der Waals surface area (Å²) in [4.78, 5) is 11.0. The van der Waals surface area contributed by atoms with E-state index in [-0.39, 0.29) is 0 Å². The lowest BCUT2D eigenvalue weighted by atomic mass is 9.97. The molecule has 2 aliphatic rings. The maximum Gasteiger partial charge on any atom is 0.335 e. The second-order valence-corrected chi connectivity index (χ2v) is 5.55. The van der Waals surface area contributed by atoms with E-state index >= 15 is 0 Å². The van der Waals surface area contributed by atoms with Gasteiger partial charge >= 0.3 is 5.97 Å². The van der Waals surface area contributed by atoms with Gasteiger partial charge in [-0.3, -0.25) is 0 Å². The number of aliphatic carboxylic acids is 1. The summed E-state index contributed by atoms with van der Waals surface area (Å²) in [6.07, 6.45) is -16.3. The summed E-state index contributed by atoms with van der Waals surface area (Å²) in [6, 6.07) is 0. The summed E-state index contributed by atoms with van der Waals surface area (Å²) in [5, 5.41) is 66.9. The normalized spacial score (nSPS) is 51.4. The molecule has 2 saturated heterocycles. The Bertz CT molecular complexity index is 431. The highest BCUT2D eigenvalue weighted by Gasteiger charge is 2.51. The molecule has 11 heteroatoms. The molecule has 11 nitrogen and oxygen atoms in total. The Balaban J connectivity index is 2.12. The van der Waals surface area contributed by atoms with Gasteiger partial charge in [0.15, 0.2) is 18.7 Å². The Labute approximate surface area is 130 Å². The molecule has 0 spiro atoms. The van der Waals surface area contributed by atoms with Gasteiger partial charge in [-0.15, -0.1) is 0 Å². The van der Waals surface area contributed by atoms with E-state index in [1.165, 1.54) is 6.92 Å². The average Bonchev–Trinajstić information content (AvgIpc) is 2.48. The largest absolute Gasteiger partial charge is 0.479 e. The minimum absolute atomic E-state index is 0.938. The lowest BCUT2D eigenvalue weighted by Gasteiger charge is -2.44. The number of aliphatic hydroxyl groups is 6. The number of hydrogen-bond acceptors (Lipinski definition) is 10. The van der Waals surface area contributed by atoms with Gasteiger partial charge in [-0.25, -0.2) is 4.79 Å². The fraction of sp³-hybridized carbons (Fsp3) is 0.917. The Morgan fingerprint density at radius 3 is 2.04 bits per heavy atom. The number of carboxylic acids is 1. The summed E-state index contributed by atoms with van der Waals surface area (Å²) in [7, 11) is 0. The smallest absolute Gasteiger partial charge is 0.335 e. The van der Waals surface area contributed by atoms with Gasteiger partial charge in [0.05, 0.1) is 6.10 Å². The Morgan fingerprint density at radius 2 is 1.48 bits per heavy atom. The Kier molecular flexibility index (Phi) is 5.56. The highest BCUT2D eigenvalue weighted by Crippen LogP contribution is 2.28. The number of hydrogen-bond donors (Lipinski definition) is 7. The molecular weight excluding hydrogens is 320 g/mol. The van der Waals surface area contributed by atoms with Crippen LogP contribution in [0.5, 0.6) is 0 Å². The van der Waals surface area contributed by atoms with E-state index in [2.05, 4.69) is 0 Å². The minimum Gasteiger partial charge on any atom is -0.479 e. The molecule has 2 aliphatic heterocycles. The van der Waals surface area contributed by atoms with E-state index in [0.717, 1.165) is 0 Å². The monoisotopic (exact) mass is 340 g/mol. The zero-order chi connectivity index (χ0) is 17.5. The van der Waals surface area contributed by atoms with Gasteiger partial charge < -0.3 is 50.0 Å². The zero-order valence-electron chi connectivity index (χ0n) is 12.0. The van der Waals surface area contributed by atoms with E-state index in [9.17, 15) is 35.4 Å². The first kappa shape index (κ1) is 18.4. The Morgan fingerprint density at radius 1 is 0.870 bits per heavy atom. The number of carbonyl (C=O) groups is 1. The second-order valence-electron chi connectivity index (χ2n) is 5.55. The first-order valence-electron chi connectivity index (χ1n) is 6.92. The first-order chi connectivity index (χ1) is 10.6. The van der Waals surface area contributed by atoms with Crippen LogP contribution in [0, 0.1) is 0 Å². The molecule has 0 aromatic heterocycles. The van der Waals surface area contributed by atoms with Gasteiger partial charge in [0, 0.05) is 0 Å². The molecule has 0 aliphatic carbocycles. The number of aliphatic hydroxyl groups excluding tert-OH is 6. The van der Waals surface area contributed by atoms with Crippen molar-refractivity contribution >= 4 is 5.97 Å². The molecule has 2 heterocycles. The predicted octanol–water partition coefficient (Wildman–Crippen LogP) is -4.28. The molecule has 2 rings (SSSR count). The highest BCUT2D eigenvalue weighted by atomic mass is 16.7. The molecule has 0 aromatic carbocycles. The van der Waals surface area contributed by atoms with Crippen molar-refractivity contribution in [2.75, 3.05) is 0 Å². The molecule has 0 amide bonds. The SMILES string of the molecule is C[C@@H]1O[C@H](O)[C@@H](O)[C@H](O)[C@@H]1O[C@@H]1O[C@@H](C(=O)O)[C@H](O)[C@H](O)[C@H]1O. The molecule has 10 atom stereocenters. The van der Waals surface area contributed by atoms with Crippen LogP contribution in [-0.4, -0.2) is 103 Å². The molecule has 0 unspecified atom stereocenters. The topological polar surface area (TPSA) is 186 Å². The standard InChI is InChI=1S/C12H20O11/c1-2-8(5(15)6(16)11(20)21-2)22-12-7(17)3(13)4(14)9(23-12)10(18)19/h2-9,11-17,20H,1H3,(H,18,19)/t2-,3-,4+,5-,6-,7+,8+,9+,11-,12+/m0/s1. The van der Waals surface area contributed by atoms with Crippen LogP contribution in [0.15, 0.2) is 0 Å².